The number of rotatable bonds is 6. The summed E-state index contributed by atoms with van der Waals surface area (Å²) in [6.07, 6.45) is 7.00. The number of hydrogen-bond donors (Lipinski definition) is 1. The van der Waals surface area contributed by atoms with Crippen LogP contribution in [0.5, 0.6) is 0 Å². The summed E-state index contributed by atoms with van der Waals surface area (Å²) in [7, 11) is 0. The Morgan fingerprint density at radius 3 is 2.73 bits per heavy atom. The molecule has 1 N–H and O–H groups in total. The zero-order valence-corrected chi connectivity index (χ0v) is 14.8. The van der Waals surface area contributed by atoms with Crippen molar-refractivity contribution in [3.8, 4) is 5.69 Å². The van der Waals surface area contributed by atoms with Crippen LogP contribution < -0.4 is 5.32 Å². The third-order valence-corrected chi connectivity index (χ3v) is 4.29. The van der Waals surface area contributed by atoms with Crippen molar-refractivity contribution in [3.05, 3.63) is 72.6 Å². The molecule has 26 heavy (non-hydrogen) atoms. The first-order valence-electron chi connectivity index (χ1n) is 8.95. The molecule has 0 fully saturated rings. The van der Waals surface area contributed by atoms with Crippen molar-refractivity contribution in [1.82, 2.24) is 19.7 Å². The van der Waals surface area contributed by atoms with Gasteiger partial charge in [0.2, 0.25) is 0 Å². The van der Waals surface area contributed by atoms with Gasteiger partial charge in [-0.1, -0.05) is 43.7 Å². The van der Waals surface area contributed by atoms with E-state index < -0.39 is 0 Å². The fourth-order valence-electron chi connectivity index (χ4n) is 2.97. The second-order valence-electron chi connectivity index (χ2n) is 6.28. The van der Waals surface area contributed by atoms with E-state index in [1.54, 1.807) is 17.1 Å². The molecular formula is C21H21N5. The van der Waals surface area contributed by atoms with Crippen molar-refractivity contribution in [1.29, 1.82) is 0 Å². The largest absolute Gasteiger partial charge is 0.339 e. The average Bonchev–Trinajstić information content (AvgIpc) is 3.10. The molecule has 0 bridgehead atoms. The van der Waals surface area contributed by atoms with Crippen molar-refractivity contribution in [2.24, 2.45) is 0 Å². The number of hydrogen-bond acceptors (Lipinski definition) is 4. The molecule has 4 aromatic rings. The lowest BCUT2D eigenvalue weighted by atomic mass is 10.1. The van der Waals surface area contributed by atoms with Gasteiger partial charge in [-0.25, -0.2) is 14.6 Å². The number of aryl methyl sites for hydroxylation is 1. The van der Waals surface area contributed by atoms with Crippen LogP contribution in [0.15, 0.2) is 67.0 Å². The van der Waals surface area contributed by atoms with Gasteiger partial charge in [0.1, 0.15) is 11.3 Å². The lowest BCUT2D eigenvalue weighted by Crippen LogP contribution is -1.99. The molecule has 0 saturated heterocycles. The van der Waals surface area contributed by atoms with Crippen molar-refractivity contribution < 1.29 is 0 Å². The van der Waals surface area contributed by atoms with Crippen molar-refractivity contribution in [2.45, 2.75) is 26.2 Å². The number of aromatic nitrogens is 4. The van der Waals surface area contributed by atoms with Gasteiger partial charge in [0.15, 0.2) is 5.65 Å². The maximum absolute atomic E-state index is 4.65. The molecule has 4 rings (SSSR count). The molecule has 5 heteroatoms. The van der Waals surface area contributed by atoms with Crippen LogP contribution in [-0.2, 0) is 6.42 Å². The Bertz CT molecular complexity index is 1010. The SMILES string of the molecule is CCCCc1cccc(Nc2cnc3c(cnn3-c3ccccc3)n2)c1. The first-order valence-corrected chi connectivity index (χ1v) is 8.95. The predicted octanol–water partition coefficient (Wildman–Crippen LogP) is 4.90. The van der Waals surface area contributed by atoms with Gasteiger partial charge in [0, 0.05) is 5.69 Å². The fourth-order valence-corrected chi connectivity index (χ4v) is 2.97. The summed E-state index contributed by atoms with van der Waals surface area (Å²) in [4.78, 5) is 9.21. The molecule has 2 aromatic heterocycles. The summed E-state index contributed by atoms with van der Waals surface area (Å²) >= 11 is 0. The van der Waals surface area contributed by atoms with Gasteiger partial charge in [-0.05, 0) is 42.7 Å². The second kappa shape index (κ2) is 7.35. The van der Waals surface area contributed by atoms with Crippen LogP contribution in [0.3, 0.4) is 0 Å². The zero-order valence-electron chi connectivity index (χ0n) is 14.8. The van der Waals surface area contributed by atoms with Crippen LogP contribution in [0.25, 0.3) is 16.9 Å². The quantitative estimate of drug-likeness (QED) is 0.541. The first kappa shape index (κ1) is 16.3. The lowest BCUT2D eigenvalue weighted by Gasteiger charge is -2.08. The second-order valence-corrected chi connectivity index (χ2v) is 6.28. The molecule has 0 atom stereocenters. The molecule has 0 aliphatic carbocycles. The van der Waals surface area contributed by atoms with Crippen LogP contribution in [0.4, 0.5) is 11.5 Å². The highest BCUT2D eigenvalue weighted by atomic mass is 15.3. The fraction of sp³-hybridized carbons (Fsp3) is 0.190. The van der Waals surface area contributed by atoms with Crippen LogP contribution in [-0.4, -0.2) is 19.7 Å². The van der Waals surface area contributed by atoms with Crippen molar-refractivity contribution >= 4 is 22.7 Å². The van der Waals surface area contributed by atoms with Gasteiger partial charge in [-0.15, -0.1) is 0 Å². The van der Waals surface area contributed by atoms with E-state index in [1.807, 2.05) is 30.3 Å². The molecule has 0 unspecified atom stereocenters. The first-order chi connectivity index (χ1) is 12.8. The maximum Gasteiger partial charge on any atom is 0.181 e. The van der Waals surface area contributed by atoms with E-state index in [1.165, 1.54) is 18.4 Å². The highest BCUT2D eigenvalue weighted by molar-refractivity contribution is 5.74. The van der Waals surface area contributed by atoms with Crippen molar-refractivity contribution in [3.63, 3.8) is 0 Å². The van der Waals surface area contributed by atoms with Crippen molar-refractivity contribution in [2.75, 3.05) is 5.32 Å². The zero-order chi connectivity index (χ0) is 17.8. The molecule has 0 radical (unpaired) electrons. The lowest BCUT2D eigenvalue weighted by molar-refractivity contribution is 0.795. The Morgan fingerprint density at radius 2 is 1.88 bits per heavy atom. The van der Waals surface area contributed by atoms with E-state index in [9.17, 15) is 0 Å². The summed E-state index contributed by atoms with van der Waals surface area (Å²) in [5.41, 5.74) is 4.85. The van der Waals surface area contributed by atoms with E-state index >= 15 is 0 Å². The van der Waals surface area contributed by atoms with Gasteiger partial charge in [0.25, 0.3) is 0 Å². The molecular weight excluding hydrogens is 322 g/mol. The Morgan fingerprint density at radius 1 is 1.00 bits per heavy atom. The number of anilines is 2. The molecule has 0 aliphatic rings. The third-order valence-electron chi connectivity index (χ3n) is 4.29. The molecule has 2 heterocycles. The average molecular weight is 343 g/mol. The number of nitrogens with one attached hydrogen (secondary N) is 1. The van der Waals surface area contributed by atoms with Crippen LogP contribution in [0, 0.1) is 0 Å². The van der Waals surface area contributed by atoms with Gasteiger partial charge in [-0.2, -0.15) is 5.10 Å². The standard InChI is InChI=1S/C21H21N5/c1-2-3-8-16-9-7-10-17(13-16)24-20-15-22-21-19(25-20)14-23-26(21)18-11-5-4-6-12-18/h4-7,9-15H,2-3,8H2,1H3,(H,24,25). The van der Waals surface area contributed by atoms with E-state index in [2.05, 4.69) is 51.6 Å². The molecule has 0 aliphatic heterocycles. The summed E-state index contributed by atoms with van der Waals surface area (Å²) in [5.74, 6) is 0.720. The van der Waals surface area contributed by atoms with Crippen LogP contribution in [0.1, 0.15) is 25.3 Å². The highest BCUT2D eigenvalue weighted by Crippen LogP contribution is 2.20. The normalized spacial score (nSPS) is 11.0. The maximum atomic E-state index is 4.65. The van der Waals surface area contributed by atoms with Gasteiger partial charge >= 0.3 is 0 Å². The number of nitrogens with zero attached hydrogens (tertiary/aromatic N) is 4. The minimum atomic E-state index is 0.720. The predicted molar refractivity (Wildman–Crippen MR) is 105 cm³/mol. The minimum absolute atomic E-state index is 0.720. The molecule has 130 valence electrons. The summed E-state index contributed by atoms with van der Waals surface area (Å²) in [5, 5.41) is 7.78. The van der Waals surface area contributed by atoms with Crippen LogP contribution >= 0.6 is 0 Å². The summed E-state index contributed by atoms with van der Waals surface area (Å²) < 4.78 is 1.80. The molecule has 0 spiro atoms. The summed E-state index contributed by atoms with van der Waals surface area (Å²) in [6, 6.07) is 18.4. The number of benzene rings is 2. The number of para-hydroxylation sites is 1. The topological polar surface area (TPSA) is 55.6 Å². The highest BCUT2D eigenvalue weighted by Gasteiger charge is 2.08. The molecule has 2 aromatic carbocycles. The van der Waals surface area contributed by atoms with Gasteiger partial charge in [-0.3, -0.25) is 0 Å². The summed E-state index contributed by atoms with van der Waals surface area (Å²) in [6.45, 7) is 2.21. The molecule has 0 saturated carbocycles. The Labute approximate surface area is 152 Å². The third kappa shape index (κ3) is 3.42. The van der Waals surface area contributed by atoms with E-state index in [0.29, 0.717) is 0 Å². The molecule has 5 nitrogen and oxygen atoms in total. The van der Waals surface area contributed by atoms with E-state index in [0.717, 1.165) is 34.8 Å². The minimum Gasteiger partial charge on any atom is -0.339 e. The number of unbranched alkanes of at least 4 members (excludes halogenated alkanes) is 1. The Kier molecular flexibility index (Phi) is 4.60. The van der Waals surface area contributed by atoms with E-state index in [-0.39, 0.29) is 0 Å². The monoisotopic (exact) mass is 343 g/mol. The molecule has 0 amide bonds. The Hall–Kier alpha value is -3.21. The van der Waals surface area contributed by atoms with E-state index in [4.69, 9.17) is 0 Å². The van der Waals surface area contributed by atoms with Gasteiger partial charge < -0.3 is 5.32 Å². The smallest absolute Gasteiger partial charge is 0.181 e. The van der Waals surface area contributed by atoms with Crippen LogP contribution in [0.2, 0.25) is 0 Å². The Balaban J connectivity index is 1.59. The number of fused-ring (bicyclic) bond motifs is 1. The van der Waals surface area contributed by atoms with Gasteiger partial charge in [0.05, 0.1) is 18.1 Å².